The Balaban J connectivity index is 2.29. The lowest BCUT2D eigenvalue weighted by Gasteiger charge is -2.33. The van der Waals surface area contributed by atoms with Crippen molar-refractivity contribution in [1.82, 2.24) is 0 Å². The van der Waals surface area contributed by atoms with Gasteiger partial charge in [-0.25, -0.2) is 4.79 Å². The predicted molar refractivity (Wildman–Crippen MR) is 101 cm³/mol. The van der Waals surface area contributed by atoms with Crippen LogP contribution in [0.2, 0.25) is 0 Å². The molecule has 26 heavy (non-hydrogen) atoms. The van der Waals surface area contributed by atoms with E-state index in [0.717, 1.165) is 29.7 Å². The molecule has 0 unspecified atom stereocenters. The van der Waals surface area contributed by atoms with E-state index < -0.39 is 17.8 Å². The van der Waals surface area contributed by atoms with Gasteiger partial charge >= 0.3 is 11.9 Å². The summed E-state index contributed by atoms with van der Waals surface area (Å²) in [6.07, 6.45) is 2.29. The van der Waals surface area contributed by atoms with Crippen LogP contribution in [0.5, 0.6) is 0 Å². The first-order valence-electron chi connectivity index (χ1n) is 8.96. The minimum Gasteiger partial charge on any atom is -0.481 e. The van der Waals surface area contributed by atoms with Gasteiger partial charge < -0.3 is 15.2 Å². The van der Waals surface area contributed by atoms with Crippen LogP contribution in [0, 0.1) is 11.3 Å². The smallest absolute Gasteiger partial charge is 0.341 e. The molecule has 0 aliphatic heterocycles. The molecule has 144 valence electrons. The molecule has 1 amide bonds. The van der Waals surface area contributed by atoms with E-state index in [9.17, 15) is 14.4 Å². The van der Waals surface area contributed by atoms with Gasteiger partial charge in [-0.05, 0) is 43.1 Å². The average molecular weight is 381 g/mol. The summed E-state index contributed by atoms with van der Waals surface area (Å²) in [5.74, 6) is -1.33. The third-order valence-electron chi connectivity index (χ3n) is 4.79. The SMILES string of the molecule is CCOC(=O)c1c(NC(=O)CCC(=O)O)sc2c1CC[C@@H](C(C)(C)C)C2. The fourth-order valence-corrected chi connectivity index (χ4v) is 4.57. The van der Waals surface area contributed by atoms with Gasteiger partial charge in [0.1, 0.15) is 5.00 Å². The highest BCUT2D eigenvalue weighted by atomic mass is 32.1. The number of carbonyl (C=O) groups is 3. The molecule has 0 saturated heterocycles. The lowest BCUT2D eigenvalue weighted by molar-refractivity contribution is -0.138. The number of hydrogen-bond acceptors (Lipinski definition) is 5. The molecule has 0 saturated carbocycles. The maximum absolute atomic E-state index is 12.5. The molecular formula is C19H27NO5S. The van der Waals surface area contributed by atoms with Gasteiger partial charge in [0.05, 0.1) is 18.6 Å². The van der Waals surface area contributed by atoms with Crippen LogP contribution in [-0.2, 0) is 27.2 Å². The van der Waals surface area contributed by atoms with Crippen molar-refractivity contribution >= 4 is 34.2 Å². The Bertz CT molecular complexity index is 702. The monoisotopic (exact) mass is 381 g/mol. The van der Waals surface area contributed by atoms with E-state index in [1.807, 2.05) is 0 Å². The molecule has 0 fully saturated rings. The fraction of sp³-hybridized carbons (Fsp3) is 0.632. The second-order valence-electron chi connectivity index (χ2n) is 7.68. The zero-order valence-corrected chi connectivity index (χ0v) is 16.6. The predicted octanol–water partition coefficient (Wildman–Crippen LogP) is 3.88. The first-order valence-corrected chi connectivity index (χ1v) is 9.78. The molecule has 1 atom stereocenters. The van der Waals surface area contributed by atoms with E-state index in [1.165, 1.54) is 11.3 Å². The lowest BCUT2D eigenvalue weighted by atomic mass is 9.72. The molecule has 2 rings (SSSR count). The number of amides is 1. The summed E-state index contributed by atoms with van der Waals surface area (Å²) < 4.78 is 5.19. The maximum Gasteiger partial charge on any atom is 0.341 e. The minimum atomic E-state index is -1.02. The van der Waals surface area contributed by atoms with E-state index in [2.05, 4.69) is 26.1 Å². The summed E-state index contributed by atoms with van der Waals surface area (Å²) in [7, 11) is 0. The Morgan fingerprint density at radius 1 is 1.27 bits per heavy atom. The number of thiophene rings is 1. The summed E-state index contributed by atoms with van der Waals surface area (Å²) in [6.45, 7) is 8.67. The topological polar surface area (TPSA) is 92.7 Å². The number of carbonyl (C=O) groups excluding carboxylic acids is 2. The lowest BCUT2D eigenvalue weighted by Crippen LogP contribution is -2.26. The number of aliphatic carboxylic acids is 1. The molecule has 2 N–H and O–H groups in total. The van der Waals surface area contributed by atoms with Crippen LogP contribution in [0.3, 0.4) is 0 Å². The third kappa shape index (κ3) is 4.84. The minimum absolute atomic E-state index is 0.120. The van der Waals surface area contributed by atoms with E-state index >= 15 is 0 Å². The number of esters is 1. The van der Waals surface area contributed by atoms with Crippen molar-refractivity contribution in [3.05, 3.63) is 16.0 Å². The second kappa shape index (κ2) is 8.20. The summed E-state index contributed by atoms with van der Waals surface area (Å²) in [5.41, 5.74) is 1.60. The number of rotatable bonds is 6. The molecule has 0 bridgehead atoms. The van der Waals surface area contributed by atoms with Gasteiger partial charge in [-0.3, -0.25) is 9.59 Å². The van der Waals surface area contributed by atoms with E-state index in [4.69, 9.17) is 9.84 Å². The normalized spacial score (nSPS) is 16.7. The van der Waals surface area contributed by atoms with Crippen molar-refractivity contribution in [2.24, 2.45) is 11.3 Å². The highest BCUT2D eigenvalue weighted by Crippen LogP contribution is 2.44. The Labute approximate surface area is 157 Å². The first kappa shape index (κ1) is 20.4. The highest BCUT2D eigenvalue weighted by Gasteiger charge is 2.34. The molecule has 0 radical (unpaired) electrons. The second-order valence-corrected chi connectivity index (χ2v) is 8.78. The summed E-state index contributed by atoms with van der Waals surface area (Å²) in [4.78, 5) is 36.3. The van der Waals surface area contributed by atoms with Crippen molar-refractivity contribution in [2.45, 2.75) is 59.8 Å². The summed E-state index contributed by atoms with van der Waals surface area (Å²) in [5, 5.41) is 11.9. The summed E-state index contributed by atoms with van der Waals surface area (Å²) >= 11 is 1.42. The highest BCUT2D eigenvalue weighted by molar-refractivity contribution is 7.17. The molecule has 6 nitrogen and oxygen atoms in total. The number of ether oxygens (including phenoxy) is 1. The first-order chi connectivity index (χ1) is 12.1. The Morgan fingerprint density at radius 3 is 2.54 bits per heavy atom. The molecule has 1 heterocycles. The van der Waals surface area contributed by atoms with Crippen LogP contribution in [0.1, 0.15) is 67.8 Å². The van der Waals surface area contributed by atoms with Crippen LogP contribution in [0.4, 0.5) is 5.00 Å². The van der Waals surface area contributed by atoms with Crippen molar-refractivity contribution in [3.63, 3.8) is 0 Å². The molecule has 1 aromatic heterocycles. The Kier molecular flexibility index (Phi) is 6.44. The molecular weight excluding hydrogens is 354 g/mol. The van der Waals surface area contributed by atoms with Crippen LogP contribution >= 0.6 is 11.3 Å². The molecule has 7 heteroatoms. The van der Waals surface area contributed by atoms with Crippen molar-refractivity contribution in [1.29, 1.82) is 0 Å². The van der Waals surface area contributed by atoms with Crippen LogP contribution in [0.25, 0.3) is 0 Å². The van der Waals surface area contributed by atoms with Crippen LogP contribution < -0.4 is 5.32 Å². The fourth-order valence-electron chi connectivity index (χ4n) is 3.24. The van der Waals surface area contributed by atoms with Gasteiger partial charge in [-0.2, -0.15) is 0 Å². The maximum atomic E-state index is 12.5. The number of anilines is 1. The molecule has 1 aromatic rings. The summed E-state index contributed by atoms with van der Waals surface area (Å²) in [6, 6.07) is 0. The Morgan fingerprint density at radius 2 is 1.96 bits per heavy atom. The van der Waals surface area contributed by atoms with Gasteiger partial charge in [0.2, 0.25) is 5.91 Å². The third-order valence-corrected chi connectivity index (χ3v) is 5.96. The standard InChI is InChI=1S/C19H27NO5S/c1-5-25-18(24)16-12-7-6-11(19(2,3)4)10-13(12)26-17(16)20-14(21)8-9-15(22)23/h11H,5-10H2,1-4H3,(H,20,21)(H,22,23)/t11-/m1/s1. The van der Waals surface area contributed by atoms with Crippen molar-refractivity contribution in [3.8, 4) is 0 Å². The van der Waals surface area contributed by atoms with E-state index in [1.54, 1.807) is 6.92 Å². The van der Waals surface area contributed by atoms with Gasteiger partial charge in [0, 0.05) is 11.3 Å². The molecule has 0 aromatic carbocycles. The number of nitrogens with one attached hydrogen (secondary N) is 1. The largest absolute Gasteiger partial charge is 0.481 e. The molecule has 1 aliphatic carbocycles. The molecule has 0 spiro atoms. The quantitative estimate of drug-likeness (QED) is 0.730. The zero-order valence-electron chi connectivity index (χ0n) is 15.8. The number of carboxylic acid groups (broad SMARTS) is 1. The van der Waals surface area contributed by atoms with Gasteiger partial charge in [0.15, 0.2) is 0 Å². The van der Waals surface area contributed by atoms with Gasteiger partial charge in [-0.15, -0.1) is 11.3 Å². The number of fused-ring (bicyclic) bond motifs is 1. The van der Waals surface area contributed by atoms with Gasteiger partial charge in [0.25, 0.3) is 0 Å². The zero-order chi connectivity index (χ0) is 19.5. The van der Waals surface area contributed by atoms with Crippen LogP contribution in [0.15, 0.2) is 0 Å². The van der Waals surface area contributed by atoms with Crippen molar-refractivity contribution in [2.75, 3.05) is 11.9 Å². The van der Waals surface area contributed by atoms with Gasteiger partial charge in [-0.1, -0.05) is 20.8 Å². The average Bonchev–Trinajstić information content (AvgIpc) is 2.89. The van der Waals surface area contributed by atoms with E-state index in [-0.39, 0.29) is 24.9 Å². The molecule has 1 aliphatic rings. The van der Waals surface area contributed by atoms with Crippen LogP contribution in [-0.4, -0.2) is 29.6 Å². The van der Waals surface area contributed by atoms with E-state index in [0.29, 0.717) is 16.5 Å². The number of carboxylic acids is 1. The van der Waals surface area contributed by atoms with Crippen molar-refractivity contribution < 1.29 is 24.2 Å². The Hall–Kier alpha value is -1.89. The number of hydrogen-bond donors (Lipinski definition) is 2.